The van der Waals surface area contributed by atoms with Crippen molar-refractivity contribution in [1.82, 2.24) is 5.32 Å². The van der Waals surface area contributed by atoms with E-state index < -0.39 is 17.5 Å². The Morgan fingerprint density at radius 1 is 1.17 bits per heavy atom. The van der Waals surface area contributed by atoms with Gasteiger partial charge in [0.25, 0.3) is 5.91 Å². The summed E-state index contributed by atoms with van der Waals surface area (Å²) in [7, 11) is 0. The first kappa shape index (κ1) is 16.1. The minimum atomic E-state index is -1.10. The average molecular weight is 380 g/mol. The summed E-state index contributed by atoms with van der Waals surface area (Å²) in [5.41, 5.74) is 0.773. The molecule has 2 aromatic rings. The summed E-state index contributed by atoms with van der Waals surface area (Å²) in [6, 6.07) is 11.6. The average Bonchev–Trinajstić information content (AvgIpc) is 2.49. The van der Waals surface area contributed by atoms with Crippen molar-refractivity contribution in [2.45, 2.75) is 24.7 Å². The van der Waals surface area contributed by atoms with Crippen molar-refractivity contribution >= 4 is 21.8 Å². The van der Waals surface area contributed by atoms with Crippen LogP contribution < -0.4 is 5.32 Å². The van der Waals surface area contributed by atoms with Crippen molar-refractivity contribution in [3.05, 3.63) is 69.7 Å². The monoisotopic (exact) mass is 379 g/mol. The summed E-state index contributed by atoms with van der Waals surface area (Å²) in [5, 5.41) is 2.77. The first-order valence-electron chi connectivity index (χ1n) is 7.50. The third-order valence-corrected chi connectivity index (χ3v) is 5.02. The van der Waals surface area contributed by atoms with Crippen molar-refractivity contribution in [1.29, 1.82) is 0 Å². The van der Waals surface area contributed by atoms with E-state index in [0.29, 0.717) is 6.54 Å². The Kier molecular flexibility index (Phi) is 4.48. The maximum atomic E-state index is 13.7. The SMILES string of the molecule is O=C(NCC1(c2cccc(Br)c2)CCC1)c1cccc(F)c1F. The molecule has 23 heavy (non-hydrogen) atoms. The van der Waals surface area contributed by atoms with Gasteiger partial charge >= 0.3 is 0 Å². The van der Waals surface area contributed by atoms with Crippen LogP contribution in [0.4, 0.5) is 8.78 Å². The largest absolute Gasteiger partial charge is 0.351 e. The zero-order valence-corrected chi connectivity index (χ0v) is 14.0. The van der Waals surface area contributed by atoms with Crippen molar-refractivity contribution < 1.29 is 13.6 Å². The van der Waals surface area contributed by atoms with Crippen LogP contribution in [0.15, 0.2) is 46.9 Å². The van der Waals surface area contributed by atoms with E-state index in [1.807, 2.05) is 24.3 Å². The summed E-state index contributed by atoms with van der Waals surface area (Å²) in [5.74, 6) is -2.69. The van der Waals surface area contributed by atoms with Gasteiger partial charge in [-0.2, -0.15) is 0 Å². The van der Waals surface area contributed by atoms with Crippen LogP contribution in [-0.4, -0.2) is 12.5 Å². The second kappa shape index (κ2) is 6.40. The van der Waals surface area contributed by atoms with Gasteiger partial charge in [0.2, 0.25) is 0 Å². The number of carbonyl (C=O) groups is 1. The molecule has 5 heteroatoms. The zero-order valence-electron chi connectivity index (χ0n) is 12.4. The van der Waals surface area contributed by atoms with Gasteiger partial charge in [0.1, 0.15) is 0 Å². The van der Waals surface area contributed by atoms with Gasteiger partial charge < -0.3 is 5.32 Å². The number of hydrogen-bond acceptors (Lipinski definition) is 1. The highest BCUT2D eigenvalue weighted by molar-refractivity contribution is 9.10. The molecule has 0 saturated heterocycles. The van der Waals surface area contributed by atoms with E-state index in [-0.39, 0.29) is 11.0 Å². The summed E-state index contributed by atoms with van der Waals surface area (Å²) >= 11 is 3.46. The van der Waals surface area contributed by atoms with Crippen LogP contribution in [0, 0.1) is 11.6 Å². The van der Waals surface area contributed by atoms with Crippen LogP contribution in [0.1, 0.15) is 35.2 Å². The molecule has 1 aliphatic rings. The molecule has 1 amide bonds. The summed E-state index contributed by atoms with van der Waals surface area (Å²) < 4.78 is 27.9. The smallest absolute Gasteiger partial charge is 0.254 e. The molecule has 3 rings (SSSR count). The molecule has 0 aliphatic heterocycles. The van der Waals surface area contributed by atoms with E-state index in [4.69, 9.17) is 0 Å². The highest BCUT2D eigenvalue weighted by Gasteiger charge is 2.39. The number of benzene rings is 2. The second-order valence-corrected chi connectivity index (χ2v) is 6.84. The third-order valence-electron chi connectivity index (χ3n) is 4.53. The van der Waals surface area contributed by atoms with Crippen LogP contribution in [0.25, 0.3) is 0 Å². The Balaban J connectivity index is 1.76. The van der Waals surface area contributed by atoms with E-state index in [9.17, 15) is 13.6 Å². The maximum Gasteiger partial charge on any atom is 0.254 e. The summed E-state index contributed by atoms with van der Waals surface area (Å²) in [4.78, 5) is 12.2. The fraction of sp³-hybridized carbons (Fsp3) is 0.278. The van der Waals surface area contributed by atoms with Crippen LogP contribution in [0.5, 0.6) is 0 Å². The molecule has 120 valence electrons. The predicted molar refractivity (Wildman–Crippen MR) is 88.4 cm³/mol. The van der Waals surface area contributed by atoms with Gasteiger partial charge in [-0.15, -0.1) is 0 Å². The van der Waals surface area contributed by atoms with Gasteiger partial charge in [0, 0.05) is 16.4 Å². The van der Waals surface area contributed by atoms with E-state index in [1.54, 1.807) is 0 Å². The van der Waals surface area contributed by atoms with E-state index in [1.165, 1.54) is 12.1 Å². The lowest BCUT2D eigenvalue weighted by Crippen LogP contribution is -2.45. The quantitative estimate of drug-likeness (QED) is 0.827. The van der Waals surface area contributed by atoms with Gasteiger partial charge in [-0.05, 0) is 42.7 Å². The van der Waals surface area contributed by atoms with Crippen molar-refractivity contribution in [2.75, 3.05) is 6.54 Å². The maximum absolute atomic E-state index is 13.7. The van der Waals surface area contributed by atoms with E-state index in [2.05, 4.69) is 21.2 Å². The van der Waals surface area contributed by atoms with Crippen LogP contribution in [0.3, 0.4) is 0 Å². The Labute approximate surface area is 142 Å². The molecule has 2 nitrogen and oxygen atoms in total. The molecule has 1 N–H and O–H groups in total. The minimum absolute atomic E-state index is 0.122. The second-order valence-electron chi connectivity index (χ2n) is 5.93. The molecule has 0 heterocycles. The molecule has 1 aliphatic carbocycles. The number of hydrogen-bond donors (Lipinski definition) is 1. The van der Waals surface area contributed by atoms with Gasteiger partial charge in [-0.1, -0.05) is 40.5 Å². The van der Waals surface area contributed by atoms with Crippen molar-refractivity contribution in [3.8, 4) is 0 Å². The zero-order chi connectivity index (χ0) is 16.4. The Morgan fingerprint density at radius 3 is 2.57 bits per heavy atom. The van der Waals surface area contributed by atoms with Gasteiger partial charge in [0.15, 0.2) is 11.6 Å². The molecule has 1 fully saturated rings. The van der Waals surface area contributed by atoms with Crippen LogP contribution in [0.2, 0.25) is 0 Å². The van der Waals surface area contributed by atoms with Crippen LogP contribution >= 0.6 is 15.9 Å². The fourth-order valence-corrected chi connectivity index (χ4v) is 3.41. The van der Waals surface area contributed by atoms with Gasteiger partial charge in [-0.25, -0.2) is 8.78 Å². The standard InChI is InChI=1S/C18H16BrF2NO/c19-13-5-1-4-12(10-13)18(8-3-9-18)11-22-17(23)14-6-2-7-15(20)16(14)21/h1-2,4-7,10H,3,8-9,11H2,(H,22,23). The molecule has 1 saturated carbocycles. The number of nitrogens with one attached hydrogen (secondary N) is 1. The van der Waals surface area contributed by atoms with Crippen LogP contribution in [-0.2, 0) is 5.41 Å². The lowest BCUT2D eigenvalue weighted by Gasteiger charge is -2.42. The molecular weight excluding hydrogens is 364 g/mol. The molecule has 0 spiro atoms. The number of amides is 1. The highest BCUT2D eigenvalue weighted by Crippen LogP contribution is 2.43. The lowest BCUT2D eigenvalue weighted by molar-refractivity contribution is 0.0922. The summed E-state index contributed by atoms with van der Waals surface area (Å²) in [6.07, 6.45) is 3.03. The minimum Gasteiger partial charge on any atom is -0.351 e. The molecule has 0 radical (unpaired) electrons. The Morgan fingerprint density at radius 2 is 1.91 bits per heavy atom. The third kappa shape index (κ3) is 3.15. The van der Waals surface area contributed by atoms with Gasteiger partial charge in [0.05, 0.1) is 5.56 Å². The highest BCUT2D eigenvalue weighted by atomic mass is 79.9. The van der Waals surface area contributed by atoms with E-state index >= 15 is 0 Å². The Hall–Kier alpha value is -1.75. The molecule has 0 aromatic heterocycles. The fourth-order valence-electron chi connectivity index (χ4n) is 3.01. The van der Waals surface area contributed by atoms with Crippen molar-refractivity contribution in [2.24, 2.45) is 0 Å². The predicted octanol–water partition coefficient (Wildman–Crippen LogP) is 4.58. The number of carbonyl (C=O) groups excluding carboxylic acids is 1. The molecule has 2 aromatic carbocycles. The number of halogens is 3. The molecular formula is C18H16BrF2NO. The molecule has 0 unspecified atom stereocenters. The molecule has 0 atom stereocenters. The van der Waals surface area contributed by atoms with E-state index in [0.717, 1.165) is 35.4 Å². The van der Waals surface area contributed by atoms with Crippen molar-refractivity contribution in [3.63, 3.8) is 0 Å². The first-order valence-corrected chi connectivity index (χ1v) is 8.29. The normalized spacial score (nSPS) is 15.8. The lowest BCUT2D eigenvalue weighted by atomic mass is 9.64. The first-order chi connectivity index (χ1) is 11.0. The number of rotatable bonds is 4. The van der Waals surface area contributed by atoms with Gasteiger partial charge in [-0.3, -0.25) is 4.79 Å². The summed E-state index contributed by atoms with van der Waals surface area (Å²) in [6.45, 7) is 0.415. The Bertz CT molecular complexity index is 744. The molecule has 0 bridgehead atoms. The topological polar surface area (TPSA) is 29.1 Å².